The number of hydrogen-bond donors (Lipinski definition) is 0. The first kappa shape index (κ1) is 19.8. The van der Waals surface area contributed by atoms with Crippen LogP contribution in [-0.4, -0.2) is 22.2 Å². The molecule has 1 nitrogen and oxygen atoms in total. The molecule has 1 radical (unpaired) electrons. The van der Waals surface area contributed by atoms with E-state index in [9.17, 15) is 13.2 Å². The van der Waals surface area contributed by atoms with Crippen molar-refractivity contribution in [2.24, 2.45) is 4.99 Å². The van der Waals surface area contributed by atoms with Gasteiger partial charge in [-0.3, -0.25) is 0 Å². The van der Waals surface area contributed by atoms with Gasteiger partial charge in [0.25, 0.3) is 0 Å². The molecule has 0 aliphatic carbocycles. The molecule has 2 aromatic carbocycles. The Labute approximate surface area is 151 Å². The van der Waals surface area contributed by atoms with E-state index in [4.69, 9.17) is 18.6 Å². The summed E-state index contributed by atoms with van der Waals surface area (Å²) in [6, 6.07) is 6.69. The van der Waals surface area contributed by atoms with E-state index in [1.165, 1.54) is 6.21 Å². The van der Waals surface area contributed by atoms with Gasteiger partial charge in [0.1, 0.15) is 0 Å². The topological polar surface area (TPSA) is 12.4 Å². The summed E-state index contributed by atoms with van der Waals surface area (Å²) in [4.78, 5) is 3.76. The van der Waals surface area contributed by atoms with Crippen LogP contribution in [0.2, 0.25) is 0 Å². The van der Waals surface area contributed by atoms with Gasteiger partial charge in [-0.2, -0.15) is 0 Å². The Hall–Kier alpha value is -0.286. The predicted molar refractivity (Wildman–Crippen MR) is 81.8 cm³/mol. The molecule has 2 aromatic rings. The Morgan fingerprint density at radius 3 is 2.23 bits per heavy atom. The fourth-order valence-electron chi connectivity index (χ4n) is 1.57. The van der Waals surface area contributed by atoms with Crippen molar-refractivity contribution in [1.29, 1.82) is 0 Å². The molecule has 0 aliphatic rings. The van der Waals surface area contributed by atoms with Crippen LogP contribution in [0.25, 0.3) is 0 Å². The van der Waals surface area contributed by atoms with E-state index >= 15 is 0 Å². The minimum absolute atomic E-state index is 0.498. The Morgan fingerprint density at radius 1 is 1.14 bits per heavy atom. The molecule has 0 fully saturated rings. The van der Waals surface area contributed by atoms with E-state index in [1.54, 1.807) is 6.07 Å². The summed E-state index contributed by atoms with van der Waals surface area (Å²) in [6.07, 6.45) is 1.35. The van der Waals surface area contributed by atoms with Crippen molar-refractivity contribution in [2.45, 2.75) is 6.92 Å². The number of hydrogen-bond acceptors (Lipinski definition) is 1. The number of aryl methyl sites for hydroxylation is 1. The maximum absolute atomic E-state index is 13.4. The zero-order chi connectivity index (χ0) is 16.7. The van der Waals surface area contributed by atoms with E-state index in [0.717, 1.165) is 10.0 Å². The van der Waals surface area contributed by atoms with Gasteiger partial charge in [-0.25, -0.2) is 0 Å². The molecule has 0 unspecified atom stereocenters. The summed E-state index contributed by atoms with van der Waals surface area (Å²) < 4.78 is 40.4. The molecular weight excluding hydrogens is 437 g/mol. The van der Waals surface area contributed by atoms with Gasteiger partial charge in [-0.1, -0.05) is 0 Å². The van der Waals surface area contributed by atoms with Gasteiger partial charge >= 0.3 is 152 Å². The molecule has 2 rings (SSSR count). The summed E-state index contributed by atoms with van der Waals surface area (Å²) >= 11 is 2.32. The molecule has 115 valence electrons. The second-order valence-electron chi connectivity index (χ2n) is 4.04. The molecule has 0 saturated heterocycles. The Balaban J connectivity index is 0.000000745. The zero-order valence-corrected chi connectivity index (χ0v) is 16.0. The fourth-order valence-corrected chi connectivity index (χ4v) is 1.96. The Morgan fingerprint density at radius 2 is 1.68 bits per heavy atom. The number of nitrogens with zero attached hydrogens (tertiary/aromatic N) is 1. The van der Waals surface area contributed by atoms with E-state index in [0.29, 0.717) is 17.7 Å². The summed E-state index contributed by atoms with van der Waals surface area (Å²) in [5, 5.41) is 0. The minimum atomic E-state index is -1.02. The molecule has 0 bridgehead atoms. The van der Waals surface area contributed by atoms with Crippen LogP contribution in [0.4, 0.5) is 18.9 Å². The Bertz CT molecular complexity index is 660. The third kappa shape index (κ3) is 5.73. The third-order valence-corrected chi connectivity index (χ3v) is 3.73. The van der Waals surface area contributed by atoms with Crippen molar-refractivity contribution in [2.75, 3.05) is 0 Å². The van der Waals surface area contributed by atoms with E-state index < -0.39 is 40.2 Å². The van der Waals surface area contributed by atoms with Gasteiger partial charge in [0.05, 0.1) is 0 Å². The van der Waals surface area contributed by atoms with Gasteiger partial charge in [-0.15, -0.1) is 0 Å². The third-order valence-electron chi connectivity index (χ3n) is 2.56. The molecule has 8 heteroatoms. The Kier molecular flexibility index (Phi) is 8.77. The van der Waals surface area contributed by atoms with Crippen LogP contribution in [0.1, 0.15) is 11.1 Å². The summed E-state index contributed by atoms with van der Waals surface area (Å²) in [5.74, 6) is -3.01. The van der Waals surface area contributed by atoms with Crippen molar-refractivity contribution in [3.8, 4) is 0 Å². The van der Waals surface area contributed by atoms with Crippen molar-refractivity contribution >= 4 is 51.0 Å². The van der Waals surface area contributed by atoms with Crippen molar-refractivity contribution in [3.63, 3.8) is 0 Å². The average Bonchev–Trinajstić information content (AvgIpc) is 2.43. The number of benzene rings is 2. The van der Waals surface area contributed by atoms with Crippen molar-refractivity contribution in [1.82, 2.24) is 0 Å². The summed E-state index contributed by atoms with van der Waals surface area (Å²) in [5.41, 5.74) is 1.22. The van der Waals surface area contributed by atoms with Crippen LogP contribution in [-0.2, 0) is 17.0 Å². The van der Waals surface area contributed by atoms with Crippen LogP contribution in [0.3, 0.4) is 0 Å². The summed E-state index contributed by atoms with van der Waals surface area (Å²) in [6.45, 7) is 1.90. The van der Waals surface area contributed by atoms with Gasteiger partial charge in [0.2, 0.25) is 0 Å². The van der Waals surface area contributed by atoms with E-state index in [2.05, 4.69) is 21.0 Å². The van der Waals surface area contributed by atoms with Crippen molar-refractivity contribution < 1.29 is 30.2 Å². The quantitative estimate of drug-likeness (QED) is 0.482. The van der Waals surface area contributed by atoms with E-state index in [1.807, 2.05) is 19.1 Å². The van der Waals surface area contributed by atoms with E-state index in [-0.39, 0.29) is 0 Å². The van der Waals surface area contributed by atoms with Crippen LogP contribution in [0, 0.1) is 24.4 Å². The first-order valence-electron chi connectivity index (χ1n) is 5.82. The first-order valence-corrected chi connectivity index (χ1v) is 11.0. The molecule has 0 atom stereocenters. The zero-order valence-electron chi connectivity index (χ0n) is 11.2. The normalized spacial score (nSPS) is 10.3. The molecule has 22 heavy (non-hydrogen) atoms. The molecule has 0 N–H and O–H groups in total. The van der Waals surface area contributed by atoms with Crippen LogP contribution in [0.5, 0.6) is 0 Å². The molecule has 0 amide bonds. The molecular formula is C14H9Cl2F3NSeTi. The monoisotopic (exact) mass is 446 g/mol. The fraction of sp³-hybridized carbons (Fsp3) is 0.0714. The number of rotatable bonds is 2. The second kappa shape index (κ2) is 9.76. The van der Waals surface area contributed by atoms with Crippen LogP contribution >= 0.6 is 18.6 Å². The summed E-state index contributed by atoms with van der Waals surface area (Å²) in [7, 11) is 9.78. The number of halogens is 5. The van der Waals surface area contributed by atoms with Gasteiger partial charge < -0.3 is 0 Å². The van der Waals surface area contributed by atoms with Gasteiger partial charge in [0.15, 0.2) is 0 Å². The standard InChI is InChI=1S/C14H9F3NSe.2ClH.Ti/c1-8-3-2-4-9(14(8)19)7-18-13-11(16)5-10(15)6-12(13)17;;;/h2-7H,1H3;2*1H;/q;;;+2/p-2. The second-order valence-corrected chi connectivity index (χ2v) is 7.48. The predicted octanol–water partition coefficient (Wildman–Crippen LogP) is 4.33. The molecule has 0 heterocycles. The molecule has 0 spiro atoms. The van der Waals surface area contributed by atoms with Crippen LogP contribution < -0.4 is 4.46 Å². The SMILES string of the molecule is Cc1cccc(C=Nc2c(F)cc(F)cc2F)c1[Se].[Cl][Ti][Cl]. The molecule has 0 aromatic heterocycles. The maximum atomic E-state index is 13.4. The van der Waals surface area contributed by atoms with Crippen LogP contribution in [0.15, 0.2) is 35.3 Å². The molecule has 0 aliphatic heterocycles. The van der Waals surface area contributed by atoms with Crippen molar-refractivity contribution in [3.05, 3.63) is 58.9 Å². The average molecular weight is 446 g/mol. The van der Waals surface area contributed by atoms with Gasteiger partial charge in [0, 0.05) is 0 Å². The first-order chi connectivity index (χ1) is 10.4. The number of aliphatic imine (C=N–C) groups is 1. The molecule has 0 saturated carbocycles. The van der Waals surface area contributed by atoms with Gasteiger partial charge in [-0.05, 0) is 0 Å².